The van der Waals surface area contributed by atoms with Crippen molar-refractivity contribution in [2.45, 2.75) is 0 Å². The second kappa shape index (κ2) is 117. The predicted octanol–water partition coefficient (Wildman–Crippen LogP) is -0.0325. The van der Waals surface area contributed by atoms with Crippen LogP contribution in [0.25, 0.3) is 0 Å². The average molecular weight is 662 g/mol. The van der Waals surface area contributed by atoms with Crippen LogP contribution >= 0.6 is 0 Å². The zero-order valence-electron chi connectivity index (χ0n) is 5.81. The van der Waals surface area contributed by atoms with Crippen molar-refractivity contribution in [2.75, 3.05) is 0 Å². The van der Waals surface area contributed by atoms with E-state index >= 15 is 0 Å². The maximum Gasteiger partial charge on any atom is 0 e. The minimum atomic E-state index is 0. The molecule has 0 N–H and O–H groups in total. The topological polar surface area (TPSA) is 0 Å². The molecule has 13 radical (unpaired) electrons. The van der Waals surface area contributed by atoms with Crippen molar-refractivity contribution < 1.29 is 241 Å². The monoisotopic (exact) mass is 662 g/mol. The molecule has 0 aliphatic heterocycles. The van der Waals surface area contributed by atoms with Gasteiger partial charge in [0.1, 0.15) is 0 Å². The minimum Gasteiger partial charge on any atom is 0 e. The van der Waals surface area contributed by atoms with Crippen LogP contribution in [0.3, 0.4) is 0 Å². The molecule has 0 bridgehead atoms. The first-order valence-corrected chi connectivity index (χ1v) is 0. The Morgan fingerprint density at radius 3 is 0.0769 bits per heavy atom. The number of hydrogen-bond acceptors (Lipinski definition) is 0. The quantitative estimate of drug-likeness (QED) is 0.342. The third kappa shape index (κ3) is 105. The molecule has 0 saturated heterocycles. The normalized spacial score (nSPS) is 0. The molecule has 65 valence electrons. The number of rotatable bonds is 0. The zero-order chi connectivity index (χ0) is 0. The first kappa shape index (κ1) is 137. The molecule has 0 fully saturated rings. The molecule has 13 heteroatoms. The molecule has 0 aromatic heterocycles. The van der Waals surface area contributed by atoms with E-state index in [9.17, 15) is 0 Å². The van der Waals surface area contributed by atoms with Crippen LogP contribution in [-0.2, 0) is 241 Å². The second-order valence-electron chi connectivity index (χ2n) is 0. The van der Waals surface area contributed by atoms with Crippen LogP contribution in [0.1, 0.15) is 0 Å². The van der Waals surface area contributed by atoms with E-state index in [1.165, 1.54) is 0 Å². The smallest absolute Gasteiger partial charge is 0 e. The van der Waals surface area contributed by atoms with Gasteiger partial charge in [-0.15, -0.1) is 0 Å². The van der Waals surface area contributed by atoms with Crippen LogP contribution in [0.5, 0.6) is 0 Å². The summed E-state index contributed by atoms with van der Waals surface area (Å²) < 4.78 is 0. The Kier molecular flexibility index (Phi) is 1240. The summed E-state index contributed by atoms with van der Waals surface area (Å²) in [4.78, 5) is 0. The van der Waals surface area contributed by atoms with E-state index in [2.05, 4.69) is 0 Å². The summed E-state index contributed by atoms with van der Waals surface area (Å²) >= 11 is 0. The summed E-state index contributed by atoms with van der Waals surface area (Å²) in [5, 5.41) is 0. The van der Waals surface area contributed by atoms with E-state index in [1.807, 2.05) is 0 Å². The van der Waals surface area contributed by atoms with Crippen LogP contribution in [0.2, 0.25) is 0 Å². The van der Waals surface area contributed by atoms with Crippen molar-refractivity contribution in [3.63, 3.8) is 0 Å². The molecular weight excluding hydrogens is 662 g/mol. The van der Waals surface area contributed by atoms with Gasteiger partial charge in [-0.05, 0) is 0 Å². The summed E-state index contributed by atoms with van der Waals surface area (Å²) in [5.74, 6) is 0. The first-order valence-electron chi connectivity index (χ1n) is 0. The molecular formula is V13. The van der Waals surface area contributed by atoms with Gasteiger partial charge in [0.05, 0.1) is 0 Å². The molecule has 0 spiro atoms. The van der Waals surface area contributed by atoms with Crippen molar-refractivity contribution in [2.24, 2.45) is 0 Å². The van der Waals surface area contributed by atoms with Crippen LogP contribution < -0.4 is 0 Å². The van der Waals surface area contributed by atoms with E-state index in [1.54, 1.807) is 0 Å². The average Bonchev–Trinajstić information content (AvgIpc) is 0. The van der Waals surface area contributed by atoms with E-state index in [0.717, 1.165) is 0 Å². The number of hydrogen-bond donors (Lipinski definition) is 0. The van der Waals surface area contributed by atoms with Gasteiger partial charge in [-0.2, -0.15) is 0 Å². The third-order valence-corrected chi connectivity index (χ3v) is 0. The van der Waals surface area contributed by atoms with Gasteiger partial charge in [0.15, 0.2) is 0 Å². The maximum atomic E-state index is 0. The standard InChI is InChI=1S/13V. The Balaban J connectivity index is 0. The summed E-state index contributed by atoms with van der Waals surface area (Å²) in [5.41, 5.74) is 0. The largest absolute Gasteiger partial charge is 0 e. The SMILES string of the molecule is [V].[V].[V].[V].[V].[V].[V].[V].[V].[V].[V].[V].[V]. The molecule has 0 nitrogen and oxygen atoms in total. The van der Waals surface area contributed by atoms with E-state index < -0.39 is 0 Å². The molecule has 0 unspecified atom stereocenters. The minimum absolute atomic E-state index is 0. The Labute approximate surface area is 235 Å². The van der Waals surface area contributed by atoms with Gasteiger partial charge in [-0.1, -0.05) is 0 Å². The molecule has 0 aliphatic carbocycles. The van der Waals surface area contributed by atoms with Crippen LogP contribution in [0.15, 0.2) is 0 Å². The maximum absolute atomic E-state index is 0. The van der Waals surface area contributed by atoms with Crippen molar-refractivity contribution in [3.8, 4) is 0 Å². The van der Waals surface area contributed by atoms with Crippen molar-refractivity contribution in [1.82, 2.24) is 0 Å². The molecule has 0 amide bonds. The fraction of sp³-hybridized carbons (Fsp3) is 0. The van der Waals surface area contributed by atoms with Crippen molar-refractivity contribution >= 4 is 0 Å². The van der Waals surface area contributed by atoms with Crippen molar-refractivity contribution in [3.05, 3.63) is 0 Å². The molecule has 0 heterocycles. The fourth-order valence-electron chi connectivity index (χ4n) is 0. The summed E-state index contributed by atoms with van der Waals surface area (Å²) in [6.07, 6.45) is 0. The molecule has 0 aliphatic rings. The third-order valence-electron chi connectivity index (χ3n) is 0. The zero-order valence-corrected chi connectivity index (χ0v) is 24.0. The van der Waals surface area contributed by atoms with Crippen LogP contribution in [-0.4, -0.2) is 0 Å². The molecule has 0 aromatic carbocycles. The summed E-state index contributed by atoms with van der Waals surface area (Å²) in [6, 6.07) is 0. The Hall–Kier alpha value is 7.60. The summed E-state index contributed by atoms with van der Waals surface area (Å²) in [7, 11) is 0. The predicted molar refractivity (Wildman–Crippen MR) is 0 cm³/mol. The molecule has 0 aromatic rings. The van der Waals surface area contributed by atoms with Gasteiger partial charge < -0.3 is 0 Å². The van der Waals surface area contributed by atoms with Crippen LogP contribution in [0, 0.1) is 0 Å². The van der Waals surface area contributed by atoms with E-state index in [-0.39, 0.29) is 241 Å². The van der Waals surface area contributed by atoms with Gasteiger partial charge in [0, 0.05) is 241 Å². The summed E-state index contributed by atoms with van der Waals surface area (Å²) in [6.45, 7) is 0. The molecule has 13 heavy (non-hydrogen) atoms. The van der Waals surface area contributed by atoms with E-state index in [4.69, 9.17) is 0 Å². The van der Waals surface area contributed by atoms with Gasteiger partial charge in [-0.25, -0.2) is 0 Å². The van der Waals surface area contributed by atoms with Crippen LogP contribution in [0.4, 0.5) is 0 Å². The van der Waals surface area contributed by atoms with E-state index in [0.29, 0.717) is 0 Å². The molecule has 0 rings (SSSR count). The Bertz CT molecular complexity index is 0. The van der Waals surface area contributed by atoms with Gasteiger partial charge in [0.2, 0.25) is 0 Å². The van der Waals surface area contributed by atoms with Crippen molar-refractivity contribution in [1.29, 1.82) is 0 Å². The first-order chi connectivity index (χ1) is 0. The molecule has 0 saturated carbocycles. The second-order valence-corrected chi connectivity index (χ2v) is 0. The Morgan fingerprint density at radius 2 is 0.0769 bits per heavy atom. The fourth-order valence-corrected chi connectivity index (χ4v) is 0. The molecule has 0 atom stereocenters. The van der Waals surface area contributed by atoms with Gasteiger partial charge in [0.25, 0.3) is 0 Å². The van der Waals surface area contributed by atoms with Gasteiger partial charge in [-0.3, -0.25) is 0 Å². The Morgan fingerprint density at radius 1 is 0.0769 bits per heavy atom. The van der Waals surface area contributed by atoms with Gasteiger partial charge >= 0.3 is 0 Å².